The Kier molecular flexibility index (Phi) is 4.12. The van der Waals surface area contributed by atoms with Crippen molar-refractivity contribution in [1.29, 1.82) is 0 Å². The Labute approximate surface area is 95.4 Å². The first-order chi connectivity index (χ1) is 6.87. The van der Waals surface area contributed by atoms with Crippen LogP contribution in [0.2, 0.25) is 0 Å². The van der Waals surface area contributed by atoms with E-state index in [-0.39, 0.29) is 12.8 Å². The molecular formula is C12H22F4. The number of halogens is 4. The summed E-state index contributed by atoms with van der Waals surface area (Å²) in [4.78, 5) is 0. The molecule has 0 unspecified atom stereocenters. The number of hydrogen-bond donors (Lipinski definition) is 0. The average molecular weight is 242 g/mol. The van der Waals surface area contributed by atoms with Gasteiger partial charge in [-0.3, -0.25) is 0 Å². The fourth-order valence-corrected chi connectivity index (χ4v) is 1.54. The number of hydrogen-bond acceptors (Lipinski definition) is 0. The molecule has 0 saturated heterocycles. The van der Waals surface area contributed by atoms with Gasteiger partial charge in [-0.15, -0.1) is 0 Å². The van der Waals surface area contributed by atoms with Crippen molar-refractivity contribution in [3.8, 4) is 0 Å². The monoisotopic (exact) mass is 242 g/mol. The van der Waals surface area contributed by atoms with Crippen LogP contribution in [0.5, 0.6) is 0 Å². The van der Waals surface area contributed by atoms with Gasteiger partial charge in [-0.25, -0.2) is 0 Å². The molecule has 0 spiro atoms. The average Bonchev–Trinajstić information content (AvgIpc) is 2.14. The summed E-state index contributed by atoms with van der Waals surface area (Å²) in [6, 6.07) is 0. The Morgan fingerprint density at radius 3 is 1.19 bits per heavy atom. The fourth-order valence-electron chi connectivity index (χ4n) is 1.54. The summed E-state index contributed by atoms with van der Waals surface area (Å²) in [5.74, 6) is -8.01. The van der Waals surface area contributed by atoms with Crippen LogP contribution in [0.4, 0.5) is 17.6 Å². The zero-order chi connectivity index (χ0) is 13.4. The van der Waals surface area contributed by atoms with Gasteiger partial charge in [0, 0.05) is 10.8 Å². The molecule has 0 aliphatic carbocycles. The molecule has 0 nitrogen and oxygen atoms in total. The SMILES string of the molecule is CCC(C)(CC)C(F)(F)C(F)(F)C(C)(C)C. The molecule has 0 rings (SSSR count). The van der Waals surface area contributed by atoms with Gasteiger partial charge in [0.15, 0.2) is 0 Å². The second kappa shape index (κ2) is 4.19. The maximum Gasteiger partial charge on any atom is 0.315 e. The predicted octanol–water partition coefficient (Wildman–Crippen LogP) is 5.13. The van der Waals surface area contributed by atoms with Crippen molar-refractivity contribution in [2.75, 3.05) is 0 Å². The minimum atomic E-state index is -4.01. The van der Waals surface area contributed by atoms with Crippen LogP contribution in [0.3, 0.4) is 0 Å². The molecule has 0 aromatic rings. The van der Waals surface area contributed by atoms with Crippen molar-refractivity contribution >= 4 is 0 Å². The molecule has 0 aromatic carbocycles. The fraction of sp³-hybridized carbons (Fsp3) is 1.00. The lowest BCUT2D eigenvalue weighted by molar-refractivity contribution is -0.303. The van der Waals surface area contributed by atoms with Gasteiger partial charge in [0.2, 0.25) is 0 Å². The number of rotatable bonds is 4. The van der Waals surface area contributed by atoms with Crippen molar-refractivity contribution in [2.45, 2.75) is 66.2 Å². The summed E-state index contributed by atoms with van der Waals surface area (Å²) in [7, 11) is 0. The van der Waals surface area contributed by atoms with Crippen molar-refractivity contribution in [3.05, 3.63) is 0 Å². The largest absolute Gasteiger partial charge is 0.315 e. The Hall–Kier alpha value is -0.280. The summed E-state index contributed by atoms with van der Waals surface area (Å²) in [5, 5.41) is 0. The zero-order valence-electron chi connectivity index (χ0n) is 10.9. The third-order valence-corrected chi connectivity index (χ3v) is 3.65. The molecule has 0 atom stereocenters. The second-order valence-electron chi connectivity index (χ2n) is 5.67. The van der Waals surface area contributed by atoms with Crippen LogP contribution in [0.1, 0.15) is 54.4 Å². The highest BCUT2D eigenvalue weighted by Gasteiger charge is 2.69. The van der Waals surface area contributed by atoms with E-state index in [2.05, 4.69) is 0 Å². The lowest BCUT2D eigenvalue weighted by Crippen LogP contribution is -2.58. The van der Waals surface area contributed by atoms with Gasteiger partial charge in [-0.1, -0.05) is 41.5 Å². The molecule has 0 aliphatic heterocycles. The van der Waals surface area contributed by atoms with E-state index >= 15 is 0 Å². The molecule has 0 aromatic heterocycles. The van der Waals surface area contributed by atoms with Crippen molar-refractivity contribution in [3.63, 3.8) is 0 Å². The van der Waals surface area contributed by atoms with Gasteiger partial charge >= 0.3 is 11.8 Å². The highest BCUT2D eigenvalue weighted by Crippen LogP contribution is 2.56. The lowest BCUT2D eigenvalue weighted by Gasteiger charge is -2.45. The first kappa shape index (κ1) is 15.7. The molecule has 0 fully saturated rings. The van der Waals surface area contributed by atoms with E-state index < -0.39 is 22.7 Å². The molecule has 0 bridgehead atoms. The highest BCUT2D eigenvalue weighted by atomic mass is 19.3. The standard InChI is InChI=1S/C12H22F4/c1-7-10(6,8-2)12(15,16)11(13,14)9(3,4)5/h7-8H2,1-6H3. The minimum absolute atomic E-state index is 0.0299. The normalized spacial score (nSPS) is 15.4. The third kappa shape index (κ3) is 2.07. The molecule has 98 valence electrons. The van der Waals surface area contributed by atoms with Crippen LogP contribution in [-0.2, 0) is 0 Å². The first-order valence-electron chi connectivity index (χ1n) is 5.63. The third-order valence-electron chi connectivity index (χ3n) is 3.65. The molecule has 0 aliphatic rings. The zero-order valence-corrected chi connectivity index (χ0v) is 10.9. The Morgan fingerprint density at radius 2 is 1.00 bits per heavy atom. The lowest BCUT2D eigenvalue weighted by atomic mass is 9.70. The van der Waals surface area contributed by atoms with E-state index in [0.29, 0.717) is 0 Å². The van der Waals surface area contributed by atoms with E-state index in [1.165, 1.54) is 20.8 Å². The van der Waals surface area contributed by atoms with Crippen LogP contribution in [0.25, 0.3) is 0 Å². The van der Waals surface area contributed by atoms with Gasteiger partial charge in [0.25, 0.3) is 0 Å². The molecule has 0 radical (unpaired) electrons. The summed E-state index contributed by atoms with van der Waals surface area (Å²) in [6.45, 7) is 7.71. The van der Waals surface area contributed by atoms with Crippen LogP contribution in [-0.4, -0.2) is 11.8 Å². The molecule has 0 amide bonds. The second-order valence-corrected chi connectivity index (χ2v) is 5.67. The van der Waals surface area contributed by atoms with E-state index in [0.717, 1.165) is 20.8 Å². The van der Waals surface area contributed by atoms with E-state index in [4.69, 9.17) is 0 Å². The Morgan fingerprint density at radius 1 is 0.688 bits per heavy atom. The summed E-state index contributed by atoms with van der Waals surface area (Å²) in [5.41, 5.74) is -3.41. The molecule has 16 heavy (non-hydrogen) atoms. The van der Waals surface area contributed by atoms with Gasteiger partial charge in [-0.05, 0) is 12.8 Å². The quantitative estimate of drug-likeness (QED) is 0.599. The smallest absolute Gasteiger partial charge is 0.199 e. The van der Waals surface area contributed by atoms with Crippen LogP contribution in [0.15, 0.2) is 0 Å². The molecule has 4 heteroatoms. The summed E-state index contributed by atoms with van der Waals surface area (Å²) < 4.78 is 55.6. The predicted molar refractivity (Wildman–Crippen MR) is 58.0 cm³/mol. The van der Waals surface area contributed by atoms with Gasteiger partial charge < -0.3 is 0 Å². The molecule has 0 saturated carbocycles. The van der Waals surface area contributed by atoms with Crippen LogP contribution < -0.4 is 0 Å². The van der Waals surface area contributed by atoms with Gasteiger partial charge in [-0.2, -0.15) is 17.6 Å². The summed E-state index contributed by atoms with van der Waals surface area (Å²) >= 11 is 0. The van der Waals surface area contributed by atoms with E-state index in [1.807, 2.05) is 0 Å². The number of alkyl halides is 4. The topological polar surface area (TPSA) is 0 Å². The van der Waals surface area contributed by atoms with Crippen molar-refractivity contribution in [1.82, 2.24) is 0 Å². The maximum atomic E-state index is 14.0. The summed E-state index contributed by atoms with van der Waals surface area (Å²) in [6.07, 6.45) is 0.0599. The van der Waals surface area contributed by atoms with Crippen molar-refractivity contribution in [2.24, 2.45) is 10.8 Å². The Bertz CT molecular complexity index is 234. The van der Waals surface area contributed by atoms with Gasteiger partial charge in [0.1, 0.15) is 0 Å². The first-order valence-corrected chi connectivity index (χ1v) is 5.63. The molecule has 0 heterocycles. The minimum Gasteiger partial charge on any atom is -0.199 e. The maximum absolute atomic E-state index is 14.0. The molecular weight excluding hydrogens is 220 g/mol. The Balaban J connectivity index is 5.51. The van der Waals surface area contributed by atoms with Crippen LogP contribution in [0, 0.1) is 10.8 Å². The van der Waals surface area contributed by atoms with E-state index in [1.54, 1.807) is 0 Å². The van der Waals surface area contributed by atoms with E-state index in [9.17, 15) is 17.6 Å². The van der Waals surface area contributed by atoms with Crippen LogP contribution >= 0.6 is 0 Å². The highest BCUT2D eigenvalue weighted by molar-refractivity contribution is 5.02. The van der Waals surface area contributed by atoms with Gasteiger partial charge in [0.05, 0.1) is 0 Å². The van der Waals surface area contributed by atoms with Crippen molar-refractivity contribution < 1.29 is 17.6 Å². The molecule has 0 N–H and O–H groups in total.